The maximum Gasteiger partial charge on any atom is 0.328 e. The minimum Gasteiger partial charge on any atom is -0.478 e. The summed E-state index contributed by atoms with van der Waals surface area (Å²) in [5.74, 6) is 0.239. The van der Waals surface area contributed by atoms with Crippen molar-refractivity contribution in [1.29, 1.82) is 0 Å². The molecule has 0 aliphatic rings. The Labute approximate surface area is 128 Å². The molecule has 0 spiro atoms. The van der Waals surface area contributed by atoms with Gasteiger partial charge in [0.15, 0.2) is 0 Å². The molecule has 1 N–H and O–H groups in total. The van der Waals surface area contributed by atoms with E-state index in [2.05, 4.69) is 0 Å². The predicted molar refractivity (Wildman–Crippen MR) is 84.0 cm³/mol. The summed E-state index contributed by atoms with van der Waals surface area (Å²) >= 11 is 6.13. The zero-order chi connectivity index (χ0) is 15.2. The molecule has 0 radical (unpaired) electrons. The topological polar surface area (TPSA) is 46.5 Å². The fourth-order valence-electron chi connectivity index (χ4n) is 1.94. The lowest BCUT2D eigenvalue weighted by Crippen LogP contribution is -1.93. The van der Waals surface area contributed by atoms with Gasteiger partial charge < -0.3 is 9.84 Å². The molecule has 0 saturated carbocycles. The Morgan fingerprint density at radius 3 is 2.62 bits per heavy atom. The van der Waals surface area contributed by atoms with E-state index in [-0.39, 0.29) is 0 Å². The van der Waals surface area contributed by atoms with Gasteiger partial charge in [0.1, 0.15) is 11.5 Å². The number of hydrogen-bond donors (Lipinski definition) is 1. The van der Waals surface area contributed by atoms with Crippen LogP contribution in [0.1, 0.15) is 18.1 Å². The Bertz CT molecular complexity index is 677. The predicted octanol–water partition coefficient (Wildman–Crippen LogP) is 4.79. The van der Waals surface area contributed by atoms with Crippen LogP contribution in [0.3, 0.4) is 0 Å². The zero-order valence-electron chi connectivity index (χ0n) is 11.5. The standard InChI is InChI=1S/C17H15ClO3/c1-2-12-6-3-4-8-15(12)21-16-9-5-7-14(18)13(16)10-11-17(19)20/h3-11H,2H2,1H3,(H,19,20)/b11-10+. The van der Waals surface area contributed by atoms with Crippen molar-refractivity contribution in [2.75, 3.05) is 0 Å². The number of halogens is 1. The van der Waals surface area contributed by atoms with Gasteiger partial charge in [0.25, 0.3) is 0 Å². The monoisotopic (exact) mass is 302 g/mol. The normalized spacial score (nSPS) is 10.8. The molecule has 0 bridgehead atoms. The molecule has 0 fully saturated rings. The number of carboxylic acids is 1. The van der Waals surface area contributed by atoms with Crippen molar-refractivity contribution in [3.8, 4) is 11.5 Å². The smallest absolute Gasteiger partial charge is 0.328 e. The molecule has 3 nitrogen and oxygen atoms in total. The molecule has 0 saturated heterocycles. The second kappa shape index (κ2) is 6.95. The summed E-state index contributed by atoms with van der Waals surface area (Å²) in [6.07, 6.45) is 3.32. The van der Waals surface area contributed by atoms with Crippen molar-refractivity contribution in [1.82, 2.24) is 0 Å². The van der Waals surface area contributed by atoms with Gasteiger partial charge in [0, 0.05) is 11.6 Å². The summed E-state index contributed by atoms with van der Waals surface area (Å²) in [5, 5.41) is 9.20. The number of carboxylic acid groups (broad SMARTS) is 1. The highest BCUT2D eigenvalue weighted by molar-refractivity contribution is 6.32. The highest BCUT2D eigenvalue weighted by atomic mass is 35.5. The number of para-hydroxylation sites is 1. The Kier molecular flexibility index (Phi) is 5.01. The molecular formula is C17H15ClO3. The zero-order valence-corrected chi connectivity index (χ0v) is 12.3. The largest absolute Gasteiger partial charge is 0.478 e. The van der Waals surface area contributed by atoms with Crippen molar-refractivity contribution in [3.63, 3.8) is 0 Å². The molecule has 0 atom stereocenters. The van der Waals surface area contributed by atoms with Crippen molar-refractivity contribution in [3.05, 3.63) is 64.7 Å². The third-order valence-electron chi connectivity index (χ3n) is 2.98. The Balaban J connectivity index is 2.40. The average Bonchev–Trinajstić information content (AvgIpc) is 2.47. The first-order valence-electron chi connectivity index (χ1n) is 6.57. The summed E-state index contributed by atoms with van der Waals surface area (Å²) < 4.78 is 5.92. The minimum absolute atomic E-state index is 0.443. The van der Waals surface area contributed by atoms with Crippen molar-refractivity contribution < 1.29 is 14.6 Å². The number of hydrogen-bond acceptors (Lipinski definition) is 2. The van der Waals surface area contributed by atoms with E-state index in [0.717, 1.165) is 23.8 Å². The average molecular weight is 303 g/mol. The fraction of sp³-hybridized carbons (Fsp3) is 0.118. The third-order valence-corrected chi connectivity index (χ3v) is 3.31. The Morgan fingerprint density at radius 1 is 1.19 bits per heavy atom. The quantitative estimate of drug-likeness (QED) is 0.808. The van der Waals surface area contributed by atoms with E-state index < -0.39 is 5.97 Å². The molecular weight excluding hydrogens is 288 g/mol. The number of carbonyl (C=O) groups is 1. The fourth-order valence-corrected chi connectivity index (χ4v) is 2.17. The van der Waals surface area contributed by atoms with Crippen LogP contribution in [-0.2, 0) is 11.2 Å². The highest BCUT2D eigenvalue weighted by Gasteiger charge is 2.09. The molecule has 0 heterocycles. The molecule has 4 heteroatoms. The van der Waals surface area contributed by atoms with Crippen LogP contribution in [-0.4, -0.2) is 11.1 Å². The molecule has 0 unspecified atom stereocenters. The van der Waals surface area contributed by atoms with Gasteiger partial charge in [-0.2, -0.15) is 0 Å². The molecule has 2 aromatic carbocycles. The van der Waals surface area contributed by atoms with Gasteiger partial charge >= 0.3 is 5.97 Å². The number of aryl methyl sites for hydroxylation is 1. The highest BCUT2D eigenvalue weighted by Crippen LogP contribution is 2.33. The van der Waals surface area contributed by atoms with Crippen molar-refractivity contribution >= 4 is 23.6 Å². The Hall–Kier alpha value is -2.26. The lowest BCUT2D eigenvalue weighted by atomic mass is 10.1. The van der Waals surface area contributed by atoms with Gasteiger partial charge in [-0.1, -0.05) is 42.8 Å². The van der Waals surface area contributed by atoms with Gasteiger partial charge in [-0.15, -0.1) is 0 Å². The molecule has 21 heavy (non-hydrogen) atoms. The SMILES string of the molecule is CCc1ccccc1Oc1cccc(Cl)c1/C=C/C(=O)O. The van der Waals surface area contributed by atoms with Gasteiger partial charge in [-0.25, -0.2) is 4.79 Å². The first-order chi connectivity index (χ1) is 10.1. The van der Waals surface area contributed by atoms with E-state index in [1.54, 1.807) is 18.2 Å². The summed E-state index contributed by atoms with van der Waals surface area (Å²) in [5.41, 5.74) is 1.62. The molecule has 0 amide bonds. The molecule has 2 rings (SSSR count). The summed E-state index contributed by atoms with van der Waals surface area (Å²) in [7, 11) is 0. The van der Waals surface area contributed by atoms with Crippen LogP contribution in [0.2, 0.25) is 5.02 Å². The van der Waals surface area contributed by atoms with Gasteiger partial charge in [-0.3, -0.25) is 0 Å². The second-order valence-corrected chi connectivity index (χ2v) is 4.79. The summed E-state index contributed by atoms with van der Waals surface area (Å²) in [6.45, 7) is 2.05. The van der Waals surface area contributed by atoms with Crippen LogP contribution in [0.15, 0.2) is 48.5 Å². The van der Waals surface area contributed by atoms with E-state index >= 15 is 0 Å². The third kappa shape index (κ3) is 3.86. The summed E-state index contributed by atoms with van der Waals surface area (Å²) in [6, 6.07) is 12.9. The van der Waals surface area contributed by atoms with E-state index in [4.69, 9.17) is 21.4 Å². The van der Waals surface area contributed by atoms with E-state index in [9.17, 15) is 4.79 Å². The molecule has 2 aromatic rings. The van der Waals surface area contributed by atoms with Gasteiger partial charge in [-0.05, 0) is 36.3 Å². The van der Waals surface area contributed by atoms with Crippen LogP contribution in [0.5, 0.6) is 11.5 Å². The van der Waals surface area contributed by atoms with Crippen LogP contribution < -0.4 is 4.74 Å². The first-order valence-corrected chi connectivity index (χ1v) is 6.95. The van der Waals surface area contributed by atoms with E-state index in [1.807, 2.05) is 31.2 Å². The van der Waals surface area contributed by atoms with Crippen LogP contribution >= 0.6 is 11.6 Å². The van der Waals surface area contributed by atoms with Crippen molar-refractivity contribution in [2.24, 2.45) is 0 Å². The maximum atomic E-state index is 10.7. The van der Waals surface area contributed by atoms with Crippen LogP contribution in [0, 0.1) is 0 Å². The first kappa shape index (κ1) is 15.1. The van der Waals surface area contributed by atoms with E-state index in [0.29, 0.717) is 16.3 Å². The number of aliphatic carboxylic acids is 1. The minimum atomic E-state index is -1.03. The maximum absolute atomic E-state index is 10.7. The summed E-state index contributed by atoms with van der Waals surface area (Å²) in [4.78, 5) is 10.7. The molecule has 0 aromatic heterocycles. The molecule has 108 valence electrons. The van der Waals surface area contributed by atoms with Crippen LogP contribution in [0.4, 0.5) is 0 Å². The number of ether oxygens (including phenoxy) is 1. The second-order valence-electron chi connectivity index (χ2n) is 4.39. The van der Waals surface area contributed by atoms with Gasteiger partial charge in [0.2, 0.25) is 0 Å². The molecule has 0 aliphatic carbocycles. The lowest BCUT2D eigenvalue weighted by Gasteiger charge is -2.13. The lowest BCUT2D eigenvalue weighted by molar-refractivity contribution is -0.131. The van der Waals surface area contributed by atoms with Crippen molar-refractivity contribution in [2.45, 2.75) is 13.3 Å². The molecule has 0 aliphatic heterocycles. The van der Waals surface area contributed by atoms with Gasteiger partial charge in [0.05, 0.1) is 5.02 Å². The Morgan fingerprint density at radius 2 is 1.90 bits per heavy atom. The van der Waals surface area contributed by atoms with Crippen LogP contribution in [0.25, 0.3) is 6.08 Å². The van der Waals surface area contributed by atoms with E-state index in [1.165, 1.54) is 6.08 Å². The number of benzene rings is 2. The number of rotatable bonds is 5.